The lowest BCUT2D eigenvalue weighted by Crippen LogP contribution is -2.38. The van der Waals surface area contributed by atoms with Crippen LogP contribution in [-0.2, 0) is 6.54 Å². The third-order valence-electron chi connectivity index (χ3n) is 3.27. The predicted molar refractivity (Wildman–Crippen MR) is 66.0 cm³/mol. The van der Waals surface area contributed by atoms with Gasteiger partial charge >= 0.3 is 0 Å². The minimum Gasteiger partial charge on any atom is -0.330 e. The zero-order valence-electron chi connectivity index (χ0n) is 10.0. The van der Waals surface area contributed by atoms with Gasteiger partial charge in [0.1, 0.15) is 0 Å². The van der Waals surface area contributed by atoms with E-state index >= 15 is 0 Å². The fourth-order valence-corrected chi connectivity index (χ4v) is 2.40. The molecule has 1 aromatic rings. The van der Waals surface area contributed by atoms with Gasteiger partial charge in [0.15, 0.2) is 0 Å². The maximum atomic E-state index is 5.74. The first-order valence-electron chi connectivity index (χ1n) is 6.13. The van der Waals surface area contributed by atoms with Gasteiger partial charge in [0.05, 0.1) is 5.69 Å². The van der Waals surface area contributed by atoms with Gasteiger partial charge in [-0.05, 0) is 50.9 Å². The third kappa shape index (κ3) is 3.03. The average molecular weight is 219 g/mol. The Kier molecular flexibility index (Phi) is 3.91. The molecule has 1 fully saturated rings. The van der Waals surface area contributed by atoms with Gasteiger partial charge in [-0.25, -0.2) is 0 Å². The smallest absolute Gasteiger partial charge is 0.0547 e. The summed E-state index contributed by atoms with van der Waals surface area (Å²) in [5.74, 6) is 0.679. The minimum absolute atomic E-state index is 0.679. The molecule has 1 saturated heterocycles. The highest BCUT2D eigenvalue weighted by Gasteiger charge is 2.18. The van der Waals surface area contributed by atoms with E-state index in [4.69, 9.17) is 5.73 Å². The molecule has 0 radical (unpaired) electrons. The summed E-state index contributed by atoms with van der Waals surface area (Å²) in [6.45, 7) is 6.15. The van der Waals surface area contributed by atoms with Crippen LogP contribution in [0.25, 0.3) is 0 Å². The summed E-state index contributed by atoms with van der Waals surface area (Å²) in [4.78, 5) is 7.02. The fraction of sp³-hybridized carbons (Fsp3) is 0.615. The number of likely N-dealkylation sites (tertiary alicyclic amines) is 1. The lowest BCUT2D eigenvalue weighted by atomic mass is 9.98. The monoisotopic (exact) mass is 219 g/mol. The van der Waals surface area contributed by atoms with Gasteiger partial charge in [0.25, 0.3) is 0 Å². The Morgan fingerprint density at radius 3 is 3.12 bits per heavy atom. The summed E-state index contributed by atoms with van der Waals surface area (Å²) in [6, 6.07) is 6.24. The van der Waals surface area contributed by atoms with E-state index in [1.165, 1.54) is 25.1 Å². The highest BCUT2D eigenvalue weighted by molar-refractivity contribution is 5.09. The first kappa shape index (κ1) is 11.6. The number of rotatable bonds is 3. The van der Waals surface area contributed by atoms with E-state index in [-0.39, 0.29) is 0 Å². The molecule has 1 aliphatic rings. The van der Waals surface area contributed by atoms with Crippen molar-refractivity contribution in [3.8, 4) is 0 Å². The molecule has 2 N–H and O–H groups in total. The minimum atomic E-state index is 0.679. The Morgan fingerprint density at radius 1 is 1.50 bits per heavy atom. The van der Waals surface area contributed by atoms with Gasteiger partial charge in [-0.3, -0.25) is 9.88 Å². The molecule has 0 aliphatic carbocycles. The lowest BCUT2D eigenvalue weighted by Gasteiger charge is -2.31. The number of piperidine rings is 1. The Bertz CT molecular complexity index is 338. The molecular weight excluding hydrogens is 198 g/mol. The molecule has 3 nitrogen and oxygen atoms in total. The third-order valence-corrected chi connectivity index (χ3v) is 3.27. The number of nitrogens with two attached hydrogens (primary N) is 1. The van der Waals surface area contributed by atoms with Crippen LogP contribution in [0.5, 0.6) is 0 Å². The van der Waals surface area contributed by atoms with Gasteiger partial charge in [-0.2, -0.15) is 0 Å². The molecule has 0 saturated carbocycles. The highest BCUT2D eigenvalue weighted by atomic mass is 15.1. The van der Waals surface area contributed by atoms with E-state index in [1.54, 1.807) is 0 Å². The van der Waals surface area contributed by atoms with Crippen molar-refractivity contribution in [2.24, 2.45) is 11.7 Å². The van der Waals surface area contributed by atoms with E-state index in [9.17, 15) is 0 Å². The molecule has 1 unspecified atom stereocenters. The van der Waals surface area contributed by atoms with Crippen molar-refractivity contribution in [1.29, 1.82) is 0 Å². The first-order valence-corrected chi connectivity index (χ1v) is 6.13. The van der Waals surface area contributed by atoms with Crippen LogP contribution in [0.3, 0.4) is 0 Å². The van der Waals surface area contributed by atoms with Crippen molar-refractivity contribution in [2.75, 3.05) is 19.6 Å². The average Bonchev–Trinajstić information content (AvgIpc) is 2.29. The number of pyridine rings is 1. The van der Waals surface area contributed by atoms with Gasteiger partial charge in [-0.1, -0.05) is 6.07 Å². The normalized spacial score (nSPS) is 22.2. The quantitative estimate of drug-likeness (QED) is 0.839. The molecule has 1 aromatic heterocycles. The maximum absolute atomic E-state index is 5.74. The van der Waals surface area contributed by atoms with Crippen molar-refractivity contribution in [3.63, 3.8) is 0 Å². The molecule has 2 heterocycles. The maximum Gasteiger partial charge on any atom is 0.0547 e. The number of hydrogen-bond donors (Lipinski definition) is 1. The SMILES string of the molecule is Cc1cccc(CN2CCCC(CN)C2)n1. The summed E-state index contributed by atoms with van der Waals surface area (Å²) in [5, 5.41) is 0. The predicted octanol–water partition coefficient (Wildman–Crippen LogP) is 1.56. The second-order valence-electron chi connectivity index (χ2n) is 4.75. The molecule has 3 heteroatoms. The van der Waals surface area contributed by atoms with Crippen LogP contribution in [0, 0.1) is 12.8 Å². The Morgan fingerprint density at radius 2 is 2.38 bits per heavy atom. The standard InChI is InChI=1S/C13H21N3/c1-11-4-2-6-13(15-11)10-16-7-3-5-12(8-14)9-16/h2,4,6,12H,3,5,7-10,14H2,1H3. The number of aryl methyl sites for hydroxylation is 1. The van der Waals surface area contributed by atoms with Crippen molar-refractivity contribution in [2.45, 2.75) is 26.3 Å². The molecule has 0 amide bonds. The van der Waals surface area contributed by atoms with Crippen LogP contribution >= 0.6 is 0 Å². The lowest BCUT2D eigenvalue weighted by molar-refractivity contribution is 0.169. The van der Waals surface area contributed by atoms with Crippen molar-refractivity contribution in [1.82, 2.24) is 9.88 Å². The Labute approximate surface area is 97.7 Å². The van der Waals surface area contributed by atoms with E-state index < -0.39 is 0 Å². The van der Waals surface area contributed by atoms with Gasteiger partial charge in [0, 0.05) is 18.8 Å². The Balaban J connectivity index is 1.94. The number of nitrogens with zero attached hydrogens (tertiary/aromatic N) is 2. The van der Waals surface area contributed by atoms with Crippen LogP contribution in [0.4, 0.5) is 0 Å². The Hall–Kier alpha value is -0.930. The molecule has 16 heavy (non-hydrogen) atoms. The summed E-state index contributed by atoms with van der Waals surface area (Å²) in [5.41, 5.74) is 8.02. The van der Waals surface area contributed by atoms with Crippen LogP contribution in [-0.4, -0.2) is 29.5 Å². The van der Waals surface area contributed by atoms with Crippen LogP contribution < -0.4 is 5.73 Å². The second kappa shape index (κ2) is 5.41. The van der Waals surface area contributed by atoms with E-state index in [0.717, 1.165) is 25.3 Å². The molecule has 88 valence electrons. The van der Waals surface area contributed by atoms with Gasteiger partial charge < -0.3 is 5.73 Å². The molecule has 0 spiro atoms. The molecule has 0 bridgehead atoms. The topological polar surface area (TPSA) is 42.1 Å². The van der Waals surface area contributed by atoms with E-state index in [1.807, 2.05) is 13.0 Å². The molecule has 0 aromatic carbocycles. The van der Waals surface area contributed by atoms with E-state index in [2.05, 4.69) is 22.0 Å². The van der Waals surface area contributed by atoms with Crippen molar-refractivity contribution >= 4 is 0 Å². The van der Waals surface area contributed by atoms with E-state index in [0.29, 0.717) is 5.92 Å². The van der Waals surface area contributed by atoms with Gasteiger partial charge in [0.2, 0.25) is 0 Å². The van der Waals surface area contributed by atoms with Crippen LogP contribution in [0.1, 0.15) is 24.2 Å². The van der Waals surface area contributed by atoms with Crippen molar-refractivity contribution < 1.29 is 0 Å². The van der Waals surface area contributed by atoms with Crippen LogP contribution in [0.15, 0.2) is 18.2 Å². The number of hydrogen-bond acceptors (Lipinski definition) is 3. The zero-order valence-corrected chi connectivity index (χ0v) is 10.0. The summed E-state index contributed by atoms with van der Waals surface area (Å²) >= 11 is 0. The second-order valence-corrected chi connectivity index (χ2v) is 4.75. The zero-order chi connectivity index (χ0) is 11.4. The molecule has 2 rings (SSSR count). The molecule has 1 aliphatic heterocycles. The highest BCUT2D eigenvalue weighted by Crippen LogP contribution is 2.16. The van der Waals surface area contributed by atoms with Crippen molar-refractivity contribution in [3.05, 3.63) is 29.6 Å². The van der Waals surface area contributed by atoms with Crippen LogP contribution in [0.2, 0.25) is 0 Å². The molecule has 1 atom stereocenters. The summed E-state index contributed by atoms with van der Waals surface area (Å²) in [6.07, 6.45) is 2.56. The number of aromatic nitrogens is 1. The summed E-state index contributed by atoms with van der Waals surface area (Å²) < 4.78 is 0. The van der Waals surface area contributed by atoms with Gasteiger partial charge in [-0.15, -0.1) is 0 Å². The summed E-state index contributed by atoms with van der Waals surface area (Å²) in [7, 11) is 0. The first-order chi connectivity index (χ1) is 7.78. The largest absolute Gasteiger partial charge is 0.330 e. The molecular formula is C13H21N3. The fourth-order valence-electron chi connectivity index (χ4n) is 2.40.